The Kier molecular flexibility index (Phi) is 40.9. The Labute approximate surface area is 851 Å². The summed E-state index contributed by atoms with van der Waals surface area (Å²) >= 11 is 0. The van der Waals surface area contributed by atoms with Gasteiger partial charge in [0.25, 0.3) is 70.9 Å². The maximum Gasteiger partial charge on any atom is 0.261 e. The standard InChI is InChI=1S/C124H174N6O12/c1-5-9-13-17-29-41-53-98-88(49-37-15-11-7-3)57-59-90(100(98)55-43-31-21-25-33-45-73-125-113(131)69-70-114(125)132)51-39-27-19-23-35-47-75-127-117(135)102-65-61-92(80-109(102)121(127)139)94-63-67-104-111(82-94)123(141)129(119(104)137)85-87-77-106-96-79-97(107(84-96)108(106)78-87)86-130-120(138)105-68-64-95(83-112(105)124(130)142)93-62-66-103-110(81-93)122(140)128(118(103)136)76-48-36-24-20-28-40-52-91-60-58-89(50-38-16-12-8-4)99(54-42-30-18-14-10-6-2)101(91)56-44-32-22-26-34-46-74-126-115(133)71-72-116(126)134/h61-72,80-83,87-91,96-101,106-108H,5-60,73-79,84-86H2,1-4H3. The lowest BCUT2D eigenvalue weighted by molar-refractivity contribution is -0.138. The number of carbonyl (C=O) groups is 12. The van der Waals surface area contributed by atoms with Crippen molar-refractivity contribution in [3.05, 3.63) is 142 Å². The number of rotatable bonds is 66. The summed E-state index contributed by atoms with van der Waals surface area (Å²) in [6, 6.07) is 21.4. The van der Waals surface area contributed by atoms with E-state index in [4.69, 9.17) is 0 Å². The summed E-state index contributed by atoms with van der Waals surface area (Å²) in [6.45, 7) is 11.7. The molecule has 15 rings (SSSR count). The fourth-order valence-electron chi connectivity index (χ4n) is 28.9. The van der Waals surface area contributed by atoms with Crippen LogP contribution >= 0.6 is 0 Å². The van der Waals surface area contributed by atoms with E-state index in [1.165, 1.54) is 323 Å². The summed E-state index contributed by atoms with van der Waals surface area (Å²) in [7, 11) is 0. The molecular formula is C124H174N6O12. The number of amides is 12. The van der Waals surface area contributed by atoms with Gasteiger partial charge >= 0.3 is 0 Å². The zero-order valence-corrected chi connectivity index (χ0v) is 87.6. The molecule has 4 aromatic carbocycles. The quantitative estimate of drug-likeness (QED) is 0.0297. The van der Waals surface area contributed by atoms with Crippen molar-refractivity contribution in [1.82, 2.24) is 29.4 Å². The lowest BCUT2D eigenvalue weighted by Gasteiger charge is -2.44. The van der Waals surface area contributed by atoms with Crippen LogP contribution in [-0.2, 0) is 19.2 Å². The molecule has 0 aromatic heterocycles. The highest BCUT2D eigenvalue weighted by Crippen LogP contribution is 2.63. The summed E-state index contributed by atoms with van der Waals surface area (Å²) in [5, 5.41) is 0. The van der Waals surface area contributed by atoms with Crippen molar-refractivity contribution in [2.45, 2.75) is 413 Å². The molecule has 2 bridgehead atoms. The van der Waals surface area contributed by atoms with Crippen LogP contribution < -0.4 is 0 Å². The second-order valence-corrected chi connectivity index (χ2v) is 46.0. The van der Waals surface area contributed by atoms with E-state index in [1.807, 2.05) is 24.3 Å². The first-order chi connectivity index (χ1) is 69.4. The molecule has 4 aromatic rings. The normalized spacial score (nSPS) is 24.4. The highest BCUT2D eigenvalue weighted by Gasteiger charge is 2.58. The van der Waals surface area contributed by atoms with E-state index < -0.39 is 0 Å². The van der Waals surface area contributed by atoms with Crippen LogP contribution in [-0.4, -0.2) is 140 Å². The predicted octanol–water partition coefficient (Wildman–Crippen LogP) is 29.1. The van der Waals surface area contributed by atoms with E-state index >= 15 is 0 Å². The van der Waals surface area contributed by atoms with Crippen molar-refractivity contribution in [2.24, 2.45) is 82.9 Å². The van der Waals surface area contributed by atoms with E-state index in [-0.39, 0.29) is 82.7 Å². The molecule has 0 N–H and O–H groups in total. The Balaban J connectivity index is 0.472. The van der Waals surface area contributed by atoms with Gasteiger partial charge in [-0.25, -0.2) is 0 Å². The van der Waals surface area contributed by atoms with Gasteiger partial charge in [-0.1, -0.05) is 334 Å². The Hall–Kier alpha value is -8.80. The van der Waals surface area contributed by atoms with Crippen LogP contribution in [0.15, 0.2) is 97.1 Å². The fourth-order valence-corrected chi connectivity index (χ4v) is 28.9. The third kappa shape index (κ3) is 27.0. The Bertz CT molecular complexity index is 5000. The topological polar surface area (TPSA) is 224 Å². The fraction of sp³-hybridized carbons (Fsp3) is 0.677. The van der Waals surface area contributed by atoms with Crippen molar-refractivity contribution in [3.63, 3.8) is 0 Å². The second kappa shape index (κ2) is 54.0. The van der Waals surface area contributed by atoms with Gasteiger partial charge in [-0.15, -0.1) is 0 Å². The number of unbranched alkanes of at least 4 members (excludes halogenated alkanes) is 36. The number of carbonyl (C=O) groups excluding carboxylic acids is 12. The number of hydrogen-bond donors (Lipinski definition) is 0. The number of hydrogen-bond acceptors (Lipinski definition) is 12. The smallest absolute Gasteiger partial charge is 0.261 e. The SMILES string of the molecule is CCCCCCCCC1C(CCCCCC)CCC(CCCCCCCCN2C(=O)c3ccc(-c4ccc5c(c4)C(=O)N(CC4CC6C7CC(CN8C(=O)c9ccc(-c%10ccc%11c(c%10)C(=O)N(CCCCCCCCC%10CCC(CCCCCC)C(CCCCCCCC)C%10CCCCCCCCN%10C(=O)C=CC%10=O)C%11=O)cc9C8=O)C(C7)C6C4)C5=O)cc3C2=O)C1CCCCCCCCN1C(=O)C=CC1=O. The largest absolute Gasteiger partial charge is 0.275 e. The Morgan fingerprint density at radius 1 is 0.211 bits per heavy atom. The number of benzene rings is 4. The first kappa shape index (κ1) is 107. The minimum Gasteiger partial charge on any atom is -0.275 e. The molecular weight excluding hydrogens is 1770 g/mol. The summed E-state index contributed by atoms with van der Waals surface area (Å²) in [5.41, 5.74) is 5.76. The summed E-state index contributed by atoms with van der Waals surface area (Å²) in [4.78, 5) is 170. The van der Waals surface area contributed by atoms with Gasteiger partial charge in [0.2, 0.25) is 0 Å². The van der Waals surface area contributed by atoms with Gasteiger partial charge in [-0.05, 0) is 256 Å². The van der Waals surface area contributed by atoms with Crippen LogP contribution in [0.1, 0.15) is 496 Å². The van der Waals surface area contributed by atoms with Crippen LogP contribution in [0.3, 0.4) is 0 Å². The van der Waals surface area contributed by atoms with E-state index in [9.17, 15) is 57.5 Å². The van der Waals surface area contributed by atoms with Crippen LogP contribution in [0.2, 0.25) is 0 Å². The molecule has 18 nitrogen and oxygen atoms in total. The minimum atomic E-state index is -0.318. The van der Waals surface area contributed by atoms with Gasteiger partial charge in [-0.3, -0.25) is 86.9 Å². The van der Waals surface area contributed by atoms with Gasteiger partial charge < -0.3 is 0 Å². The van der Waals surface area contributed by atoms with Crippen molar-refractivity contribution >= 4 is 70.9 Å². The van der Waals surface area contributed by atoms with E-state index in [0.29, 0.717) is 130 Å². The van der Waals surface area contributed by atoms with Crippen molar-refractivity contribution < 1.29 is 57.5 Å². The lowest BCUT2D eigenvalue weighted by Crippen LogP contribution is -2.38. The van der Waals surface area contributed by atoms with Crippen molar-refractivity contribution in [1.29, 1.82) is 0 Å². The van der Waals surface area contributed by atoms with Gasteiger partial charge in [0, 0.05) is 63.6 Å². The zero-order chi connectivity index (χ0) is 99.4. The molecule has 14 atom stereocenters. The highest BCUT2D eigenvalue weighted by atomic mass is 16.2. The first-order valence-corrected chi connectivity index (χ1v) is 58.4. The third-order valence-corrected chi connectivity index (χ3v) is 36.6. The monoisotopic (exact) mass is 1940 g/mol. The summed E-state index contributed by atoms with van der Waals surface area (Å²) in [5.74, 6) is 5.36. The second-order valence-electron chi connectivity index (χ2n) is 46.0. The van der Waals surface area contributed by atoms with Crippen LogP contribution in [0, 0.1) is 82.9 Å². The maximum atomic E-state index is 14.5. The molecule has 18 heteroatoms. The average molecular weight is 1940 g/mol. The molecule has 5 fully saturated rings. The van der Waals surface area contributed by atoms with Gasteiger partial charge in [0.15, 0.2) is 0 Å². The number of nitrogens with zero attached hydrogens (tertiary/aromatic N) is 6. The van der Waals surface area contributed by atoms with E-state index in [0.717, 1.165) is 163 Å². The maximum absolute atomic E-state index is 14.5. The van der Waals surface area contributed by atoms with Crippen LogP contribution in [0.4, 0.5) is 0 Å². The van der Waals surface area contributed by atoms with Gasteiger partial charge in [-0.2, -0.15) is 0 Å². The summed E-state index contributed by atoms with van der Waals surface area (Å²) in [6.07, 6.45) is 79.0. The molecule has 5 aliphatic carbocycles. The molecule has 0 saturated heterocycles. The van der Waals surface area contributed by atoms with Crippen molar-refractivity contribution in [3.8, 4) is 22.3 Å². The molecule has 12 amide bonds. The average Bonchev–Trinajstić information content (AvgIpc) is 1.57. The van der Waals surface area contributed by atoms with E-state index in [2.05, 4.69) is 27.7 Å². The lowest BCUT2D eigenvalue weighted by atomic mass is 9.61. The molecule has 14 unspecified atom stereocenters. The summed E-state index contributed by atoms with van der Waals surface area (Å²) < 4.78 is 0. The molecule has 0 radical (unpaired) electrons. The number of imide groups is 6. The Morgan fingerprint density at radius 3 is 0.761 bits per heavy atom. The van der Waals surface area contributed by atoms with Gasteiger partial charge in [0.05, 0.1) is 44.5 Å². The molecule has 6 heterocycles. The molecule has 11 aliphatic rings. The van der Waals surface area contributed by atoms with Crippen LogP contribution in [0.5, 0.6) is 0 Å². The molecule has 0 spiro atoms. The number of fused-ring (bicyclic) bond motifs is 9. The van der Waals surface area contributed by atoms with E-state index in [1.54, 1.807) is 48.5 Å². The van der Waals surface area contributed by atoms with Crippen molar-refractivity contribution in [2.75, 3.05) is 39.3 Å². The minimum absolute atomic E-state index is 0.119. The molecule has 5 saturated carbocycles. The van der Waals surface area contributed by atoms with Gasteiger partial charge in [0.1, 0.15) is 0 Å². The van der Waals surface area contributed by atoms with Crippen LogP contribution in [0.25, 0.3) is 22.3 Å². The first-order valence-electron chi connectivity index (χ1n) is 58.4. The molecule has 142 heavy (non-hydrogen) atoms. The zero-order valence-electron chi connectivity index (χ0n) is 87.6. The highest BCUT2D eigenvalue weighted by molar-refractivity contribution is 6.25. The predicted molar refractivity (Wildman–Crippen MR) is 566 cm³/mol. The third-order valence-electron chi connectivity index (χ3n) is 36.6. The molecule has 772 valence electrons. The Morgan fingerprint density at radius 2 is 0.451 bits per heavy atom. The molecule has 6 aliphatic heterocycles.